The predicted octanol–water partition coefficient (Wildman–Crippen LogP) is 7.24. The first-order chi connectivity index (χ1) is 23.4. The highest BCUT2D eigenvalue weighted by atomic mass is 16.7. The van der Waals surface area contributed by atoms with Crippen LogP contribution in [0, 0.1) is 0 Å². The highest BCUT2D eigenvalue weighted by molar-refractivity contribution is 5.66. The van der Waals surface area contributed by atoms with Crippen molar-refractivity contribution in [3.05, 3.63) is 36.5 Å². The lowest BCUT2D eigenvalue weighted by atomic mass is 9.99. The molecule has 48 heavy (non-hydrogen) atoms. The van der Waals surface area contributed by atoms with Gasteiger partial charge < -0.3 is 39.4 Å². The lowest BCUT2D eigenvalue weighted by molar-refractivity contribution is -0.305. The molecule has 1 fully saturated rings. The molecule has 1 rings (SSSR count). The average Bonchev–Trinajstić information content (AvgIpc) is 3.07. The molecule has 0 saturated carbocycles. The van der Waals surface area contributed by atoms with Crippen LogP contribution in [0.25, 0.3) is 0 Å². The van der Waals surface area contributed by atoms with Crippen molar-refractivity contribution < 1.29 is 44.2 Å². The molecule has 9 nitrogen and oxygen atoms in total. The van der Waals surface area contributed by atoms with E-state index in [1.807, 2.05) is 0 Å². The summed E-state index contributed by atoms with van der Waals surface area (Å²) in [6, 6.07) is 0. The molecular formula is C39H70O9. The summed E-state index contributed by atoms with van der Waals surface area (Å²) in [5.41, 5.74) is 0. The largest absolute Gasteiger partial charge is 0.458 e. The lowest BCUT2D eigenvalue weighted by Crippen LogP contribution is -2.59. The zero-order chi connectivity index (χ0) is 35.1. The van der Waals surface area contributed by atoms with Crippen LogP contribution in [0.5, 0.6) is 0 Å². The molecule has 4 N–H and O–H groups in total. The van der Waals surface area contributed by atoms with Crippen molar-refractivity contribution in [1.29, 1.82) is 0 Å². The third-order valence-corrected chi connectivity index (χ3v) is 8.61. The third kappa shape index (κ3) is 23.7. The van der Waals surface area contributed by atoms with E-state index in [0.717, 1.165) is 25.7 Å². The predicted molar refractivity (Wildman–Crippen MR) is 192 cm³/mol. The van der Waals surface area contributed by atoms with Gasteiger partial charge >= 0.3 is 5.97 Å². The van der Waals surface area contributed by atoms with Crippen LogP contribution in [-0.4, -0.2) is 89.6 Å². The van der Waals surface area contributed by atoms with Gasteiger partial charge in [0, 0.05) is 13.5 Å². The van der Waals surface area contributed by atoms with Crippen LogP contribution in [0.2, 0.25) is 0 Å². The maximum absolute atomic E-state index is 11.5. The first kappa shape index (κ1) is 44.4. The van der Waals surface area contributed by atoms with Crippen LogP contribution in [0.15, 0.2) is 36.5 Å². The van der Waals surface area contributed by atoms with Crippen molar-refractivity contribution >= 4 is 5.97 Å². The van der Waals surface area contributed by atoms with Gasteiger partial charge in [-0.1, -0.05) is 127 Å². The number of ether oxygens (including phenoxy) is 4. The van der Waals surface area contributed by atoms with Gasteiger partial charge in [0.05, 0.1) is 19.8 Å². The molecule has 0 bridgehead atoms. The van der Waals surface area contributed by atoms with Crippen LogP contribution < -0.4 is 0 Å². The van der Waals surface area contributed by atoms with Gasteiger partial charge in [0.25, 0.3) is 0 Å². The Kier molecular flexibility index (Phi) is 29.1. The molecule has 6 unspecified atom stereocenters. The number of hydrogen-bond acceptors (Lipinski definition) is 9. The molecule has 0 amide bonds. The summed E-state index contributed by atoms with van der Waals surface area (Å²) < 4.78 is 21.8. The number of hydrogen-bond donors (Lipinski definition) is 4. The van der Waals surface area contributed by atoms with Crippen molar-refractivity contribution in [2.45, 2.75) is 179 Å². The van der Waals surface area contributed by atoms with Crippen molar-refractivity contribution in [2.24, 2.45) is 0 Å². The Hall–Kier alpha value is -1.59. The van der Waals surface area contributed by atoms with Crippen LogP contribution in [0.1, 0.15) is 142 Å². The maximum atomic E-state index is 11.5. The van der Waals surface area contributed by atoms with E-state index in [1.165, 1.54) is 110 Å². The van der Waals surface area contributed by atoms with Gasteiger partial charge in [-0.2, -0.15) is 0 Å². The first-order valence-electron chi connectivity index (χ1n) is 19.0. The fraction of sp³-hybridized carbons (Fsp3) is 0.821. The molecule has 0 aliphatic carbocycles. The smallest absolute Gasteiger partial charge is 0.303 e. The Morgan fingerprint density at radius 3 is 1.69 bits per heavy atom. The minimum atomic E-state index is -1.53. The number of unbranched alkanes of at least 4 members (excludes halogenated alkanes) is 16. The number of carbonyl (C=O) groups is 1. The van der Waals surface area contributed by atoms with Gasteiger partial charge in [-0.05, 0) is 44.9 Å². The molecule has 9 heteroatoms. The van der Waals surface area contributed by atoms with E-state index < -0.39 is 49.4 Å². The Bertz CT molecular complexity index is 828. The molecule has 0 aromatic heterocycles. The van der Waals surface area contributed by atoms with Crippen molar-refractivity contribution in [2.75, 3.05) is 26.4 Å². The maximum Gasteiger partial charge on any atom is 0.303 e. The van der Waals surface area contributed by atoms with E-state index >= 15 is 0 Å². The number of esters is 1. The summed E-state index contributed by atoms with van der Waals surface area (Å²) in [7, 11) is 0. The van der Waals surface area contributed by atoms with E-state index in [2.05, 4.69) is 43.4 Å². The molecule has 1 saturated heterocycles. The highest BCUT2D eigenvalue weighted by Crippen LogP contribution is 2.22. The second-order valence-corrected chi connectivity index (χ2v) is 13.1. The van der Waals surface area contributed by atoms with Gasteiger partial charge in [0.2, 0.25) is 0 Å². The van der Waals surface area contributed by atoms with E-state index in [4.69, 9.17) is 18.9 Å². The summed E-state index contributed by atoms with van der Waals surface area (Å²) >= 11 is 0. The van der Waals surface area contributed by atoms with Crippen molar-refractivity contribution in [1.82, 2.24) is 0 Å². The van der Waals surface area contributed by atoms with E-state index in [-0.39, 0.29) is 13.2 Å². The molecule has 1 aliphatic rings. The Labute approximate surface area is 291 Å². The highest BCUT2D eigenvalue weighted by Gasteiger charge is 2.44. The summed E-state index contributed by atoms with van der Waals surface area (Å²) in [4.78, 5) is 11.5. The fourth-order valence-electron chi connectivity index (χ4n) is 5.67. The minimum Gasteiger partial charge on any atom is -0.458 e. The Morgan fingerprint density at radius 2 is 1.17 bits per heavy atom. The quantitative estimate of drug-likeness (QED) is 0.0339. The SMILES string of the molecule is CCCCCCC/C=C\C/C=C\C/C=C\CCCCCCCCCCCCCOCC(COC1OC(CO)C(O)C(O)C1O)OC(C)=O. The minimum absolute atomic E-state index is 0.127. The molecule has 0 spiro atoms. The number of allylic oxidation sites excluding steroid dienone is 6. The topological polar surface area (TPSA) is 135 Å². The zero-order valence-corrected chi connectivity index (χ0v) is 30.2. The van der Waals surface area contributed by atoms with Crippen LogP contribution in [0.4, 0.5) is 0 Å². The molecule has 0 radical (unpaired) electrons. The fourth-order valence-corrected chi connectivity index (χ4v) is 5.67. The molecule has 6 atom stereocenters. The van der Waals surface area contributed by atoms with Crippen LogP contribution >= 0.6 is 0 Å². The normalized spacial score (nSPS) is 22.3. The first-order valence-corrected chi connectivity index (χ1v) is 19.0. The molecule has 0 aromatic rings. The third-order valence-electron chi connectivity index (χ3n) is 8.61. The van der Waals surface area contributed by atoms with Gasteiger partial charge in [0.1, 0.15) is 30.5 Å². The average molecular weight is 683 g/mol. The van der Waals surface area contributed by atoms with Gasteiger partial charge in [-0.3, -0.25) is 4.79 Å². The number of carbonyl (C=O) groups excluding carboxylic acids is 1. The van der Waals surface area contributed by atoms with Crippen molar-refractivity contribution in [3.8, 4) is 0 Å². The Morgan fingerprint density at radius 1 is 0.667 bits per heavy atom. The molecular weight excluding hydrogens is 612 g/mol. The van der Waals surface area contributed by atoms with Crippen molar-refractivity contribution in [3.63, 3.8) is 0 Å². The molecule has 1 aliphatic heterocycles. The standard InChI is InChI=1S/C39H70O9/c1-3-4-5-6-7-8-9-10-11-12-13-14-15-16-17-18-19-20-21-22-23-24-25-26-27-28-29-45-31-34(47-33(2)41)32-46-39-38(44)37(43)36(42)35(30-40)48-39/h9-10,12-13,15-16,34-40,42-44H,3-8,11,14,17-32H2,1-2H3/b10-9-,13-12-,16-15-. The Balaban J connectivity index is 1.93. The summed E-state index contributed by atoms with van der Waals surface area (Å²) in [5, 5.41) is 39.2. The van der Waals surface area contributed by atoms with Crippen LogP contribution in [0.3, 0.4) is 0 Å². The zero-order valence-electron chi connectivity index (χ0n) is 30.2. The lowest BCUT2D eigenvalue weighted by Gasteiger charge is -2.39. The second kappa shape index (κ2) is 31.4. The summed E-state index contributed by atoms with van der Waals surface area (Å²) in [6.07, 6.45) is 31.1. The number of aliphatic hydroxyl groups excluding tert-OH is 4. The van der Waals surface area contributed by atoms with Gasteiger partial charge in [-0.25, -0.2) is 0 Å². The molecule has 0 aromatic carbocycles. The number of rotatable bonds is 31. The number of aliphatic hydroxyl groups is 4. The second-order valence-electron chi connectivity index (χ2n) is 13.1. The molecule has 280 valence electrons. The van der Waals surface area contributed by atoms with Gasteiger partial charge in [-0.15, -0.1) is 0 Å². The van der Waals surface area contributed by atoms with E-state index in [1.54, 1.807) is 0 Å². The monoisotopic (exact) mass is 683 g/mol. The summed E-state index contributed by atoms with van der Waals surface area (Å²) in [5.74, 6) is -0.491. The summed E-state index contributed by atoms with van der Waals surface area (Å²) in [6.45, 7) is 3.55. The van der Waals surface area contributed by atoms with Gasteiger partial charge in [0.15, 0.2) is 6.29 Å². The van der Waals surface area contributed by atoms with E-state index in [9.17, 15) is 25.2 Å². The molecule has 1 heterocycles. The van der Waals surface area contributed by atoms with E-state index in [0.29, 0.717) is 6.61 Å². The van der Waals surface area contributed by atoms with Crippen LogP contribution in [-0.2, 0) is 23.7 Å².